The van der Waals surface area contributed by atoms with Crippen LogP contribution in [0.15, 0.2) is 52.8 Å². The van der Waals surface area contributed by atoms with Crippen molar-refractivity contribution in [2.24, 2.45) is 0 Å². The largest absolute Gasteiger partial charge is 0.465 e. The summed E-state index contributed by atoms with van der Waals surface area (Å²) < 4.78 is 10.7. The lowest BCUT2D eigenvalue weighted by Crippen LogP contribution is -2.38. The molecule has 1 aromatic carbocycles. The van der Waals surface area contributed by atoms with Crippen LogP contribution in [0.3, 0.4) is 0 Å². The third-order valence-electron chi connectivity index (χ3n) is 3.94. The number of hydrogen-bond acceptors (Lipinski definition) is 4. The van der Waals surface area contributed by atoms with Crippen LogP contribution < -0.4 is 10.6 Å². The smallest absolute Gasteiger partial charge is 0.268 e. The second kappa shape index (κ2) is 8.69. The number of carbonyl (C=O) groups excluding carboxylic acids is 2. The molecule has 26 heavy (non-hydrogen) atoms. The zero-order valence-corrected chi connectivity index (χ0v) is 14.8. The summed E-state index contributed by atoms with van der Waals surface area (Å²) in [5.74, 6) is -0.352. The number of hydrogen-bond donors (Lipinski definition) is 2. The predicted molar refractivity (Wildman–Crippen MR) is 97.6 cm³/mol. The van der Waals surface area contributed by atoms with Gasteiger partial charge in [-0.3, -0.25) is 9.59 Å². The van der Waals surface area contributed by atoms with E-state index in [4.69, 9.17) is 20.8 Å². The summed E-state index contributed by atoms with van der Waals surface area (Å²) in [6.07, 6.45) is 4.89. The van der Waals surface area contributed by atoms with Crippen molar-refractivity contribution in [3.63, 3.8) is 0 Å². The zero-order chi connectivity index (χ0) is 18.4. The van der Waals surface area contributed by atoms with Crippen molar-refractivity contribution < 1.29 is 18.7 Å². The van der Waals surface area contributed by atoms with Gasteiger partial charge in [0.2, 0.25) is 0 Å². The highest BCUT2D eigenvalue weighted by Gasteiger charge is 2.19. The van der Waals surface area contributed by atoms with Gasteiger partial charge in [-0.1, -0.05) is 11.6 Å². The van der Waals surface area contributed by atoms with Crippen molar-refractivity contribution in [3.05, 3.63) is 64.7 Å². The standard InChI is InChI=1S/C19H19ClN2O4/c20-14-7-5-13(6-8-14)18(23)22-17(11-15-3-1-9-25-15)19(24)21-12-16-4-2-10-26-16/h1,3,5-9,11,16H,2,4,10,12H2,(H,21,24)(H,22,23). The lowest BCUT2D eigenvalue weighted by atomic mass is 10.2. The van der Waals surface area contributed by atoms with Gasteiger partial charge < -0.3 is 19.8 Å². The van der Waals surface area contributed by atoms with Gasteiger partial charge >= 0.3 is 0 Å². The average molecular weight is 375 g/mol. The normalized spacial score (nSPS) is 17.1. The number of furan rings is 1. The second-order valence-corrected chi connectivity index (χ2v) is 6.32. The fraction of sp³-hybridized carbons (Fsp3) is 0.263. The predicted octanol–water partition coefficient (Wildman–Crippen LogP) is 3.00. The van der Waals surface area contributed by atoms with E-state index in [2.05, 4.69) is 10.6 Å². The first-order valence-electron chi connectivity index (χ1n) is 8.34. The van der Waals surface area contributed by atoms with Crippen molar-refractivity contribution in [2.75, 3.05) is 13.2 Å². The average Bonchev–Trinajstić information content (AvgIpc) is 3.33. The SMILES string of the molecule is O=C(NCC1CCCO1)C(=Cc1ccco1)NC(=O)c1ccc(Cl)cc1. The molecular weight excluding hydrogens is 356 g/mol. The number of carbonyl (C=O) groups is 2. The van der Waals surface area contributed by atoms with Crippen LogP contribution >= 0.6 is 11.6 Å². The molecule has 1 fully saturated rings. The Kier molecular flexibility index (Phi) is 6.09. The van der Waals surface area contributed by atoms with Gasteiger partial charge in [0, 0.05) is 29.8 Å². The van der Waals surface area contributed by atoms with Gasteiger partial charge in [0.25, 0.3) is 11.8 Å². The third kappa shape index (κ3) is 4.97. The molecule has 0 bridgehead atoms. The lowest BCUT2D eigenvalue weighted by molar-refractivity contribution is -0.118. The summed E-state index contributed by atoms with van der Waals surface area (Å²) in [5.41, 5.74) is 0.490. The lowest BCUT2D eigenvalue weighted by Gasteiger charge is -2.13. The zero-order valence-electron chi connectivity index (χ0n) is 14.0. The molecule has 7 heteroatoms. The quantitative estimate of drug-likeness (QED) is 0.762. The summed E-state index contributed by atoms with van der Waals surface area (Å²) in [6, 6.07) is 9.81. The Morgan fingerprint density at radius 3 is 2.69 bits per heavy atom. The maximum atomic E-state index is 12.5. The Morgan fingerprint density at radius 1 is 1.23 bits per heavy atom. The Balaban J connectivity index is 1.71. The molecule has 3 rings (SSSR count). The molecule has 1 aromatic heterocycles. The van der Waals surface area contributed by atoms with E-state index in [-0.39, 0.29) is 11.8 Å². The maximum Gasteiger partial charge on any atom is 0.268 e. The molecule has 0 radical (unpaired) electrons. The number of halogens is 1. The molecule has 0 spiro atoms. The van der Waals surface area contributed by atoms with E-state index in [1.807, 2.05) is 0 Å². The number of nitrogens with one attached hydrogen (secondary N) is 2. The first kappa shape index (κ1) is 18.2. The van der Waals surface area contributed by atoms with Crippen molar-refractivity contribution in [3.8, 4) is 0 Å². The molecule has 0 saturated carbocycles. The summed E-state index contributed by atoms with van der Waals surface area (Å²) >= 11 is 5.84. The van der Waals surface area contributed by atoms with Crippen LogP contribution in [0, 0.1) is 0 Å². The van der Waals surface area contributed by atoms with Crippen LogP contribution in [0.2, 0.25) is 5.02 Å². The van der Waals surface area contributed by atoms with Gasteiger partial charge in [-0.25, -0.2) is 0 Å². The van der Waals surface area contributed by atoms with Crippen molar-refractivity contribution in [1.29, 1.82) is 0 Å². The molecule has 2 heterocycles. The fourth-order valence-corrected chi connectivity index (χ4v) is 2.70. The Labute approximate surface area is 156 Å². The maximum absolute atomic E-state index is 12.5. The highest BCUT2D eigenvalue weighted by atomic mass is 35.5. The van der Waals surface area contributed by atoms with E-state index < -0.39 is 11.8 Å². The number of ether oxygens (including phenoxy) is 1. The molecule has 1 saturated heterocycles. The summed E-state index contributed by atoms with van der Waals surface area (Å²) in [7, 11) is 0. The van der Waals surface area contributed by atoms with Gasteiger partial charge in [-0.2, -0.15) is 0 Å². The topological polar surface area (TPSA) is 80.6 Å². The number of benzene rings is 1. The molecular formula is C19H19ClN2O4. The molecule has 2 amide bonds. The van der Waals surface area contributed by atoms with Crippen molar-refractivity contribution in [1.82, 2.24) is 10.6 Å². The van der Waals surface area contributed by atoms with Crippen LogP contribution in [-0.2, 0) is 9.53 Å². The first-order chi connectivity index (χ1) is 12.6. The molecule has 1 atom stereocenters. The summed E-state index contributed by atoms with van der Waals surface area (Å²) in [5, 5.41) is 5.96. The van der Waals surface area contributed by atoms with Crippen molar-refractivity contribution in [2.45, 2.75) is 18.9 Å². The molecule has 1 aliphatic heterocycles. The van der Waals surface area contributed by atoms with Crippen LogP contribution in [0.4, 0.5) is 0 Å². The van der Waals surface area contributed by atoms with E-state index in [0.29, 0.717) is 29.5 Å². The molecule has 2 aromatic rings. The second-order valence-electron chi connectivity index (χ2n) is 5.88. The summed E-state index contributed by atoms with van der Waals surface area (Å²) in [4.78, 5) is 25.0. The van der Waals surface area contributed by atoms with Crippen LogP contribution in [0.5, 0.6) is 0 Å². The van der Waals surface area contributed by atoms with Crippen molar-refractivity contribution >= 4 is 29.5 Å². The van der Waals surface area contributed by atoms with Crippen LogP contribution in [-0.4, -0.2) is 31.1 Å². The van der Waals surface area contributed by atoms with Gasteiger partial charge in [-0.05, 0) is 49.2 Å². The Bertz CT molecular complexity index is 778. The van der Waals surface area contributed by atoms with Crippen LogP contribution in [0.25, 0.3) is 6.08 Å². The summed E-state index contributed by atoms with van der Waals surface area (Å²) in [6.45, 7) is 1.11. The molecule has 0 aliphatic carbocycles. The number of rotatable bonds is 6. The van der Waals surface area contributed by atoms with Crippen LogP contribution in [0.1, 0.15) is 29.0 Å². The molecule has 2 N–H and O–H groups in total. The monoisotopic (exact) mass is 374 g/mol. The molecule has 6 nitrogen and oxygen atoms in total. The minimum Gasteiger partial charge on any atom is -0.465 e. The minimum atomic E-state index is -0.410. The van der Waals surface area contributed by atoms with E-state index in [1.54, 1.807) is 36.4 Å². The highest BCUT2D eigenvalue weighted by molar-refractivity contribution is 6.30. The van der Waals surface area contributed by atoms with E-state index in [0.717, 1.165) is 12.8 Å². The van der Waals surface area contributed by atoms with E-state index in [1.165, 1.54) is 12.3 Å². The third-order valence-corrected chi connectivity index (χ3v) is 4.20. The van der Waals surface area contributed by atoms with Gasteiger partial charge in [0.15, 0.2) is 0 Å². The Hall–Kier alpha value is -2.57. The molecule has 1 unspecified atom stereocenters. The van der Waals surface area contributed by atoms with E-state index >= 15 is 0 Å². The van der Waals surface area contributed by atoms with Gasteiger partial charge in [0.05, 0.1) is 12.4 Å². The molecule has 1 aliphatic rings. The fourth-order valence-electron chi connectivity index (χ4n) is 2.58. The number of amides is 2. The van der Waals surface area contributed by atoms with Gasteiger partial charge in [-0.15, -0.1) is 0 Å². The van der Waals surface area contributed by atoms with Gasteiger partial charge in [0.1, 0.15) is 11.5 Å². The minimum absolute atomic E-state index is 0.00998. The highest BCUT2D eigenvalue weighted by Crippen LogP contribution is 2.13. The van der Waals surface area contributed by atoms with E-state index in [9.17, 15) is 9.59 Å². The first-order valence-corrected chi connectivity index (χ1v) is 8.71. The molecule has 136 valence electrons. The Morgan fingerprint density at radius 2 is 2.04 bits per heavy atom.